The van der Waals surface area contributed by atoms with E-state index in [4.69, 9.17) is 0 Å². The second-order valence-corrected chi connectivity index (χ2v) is 6.95. The summed E-state index contributed by atoms with van der Waals surface area (Å²) < 4.78 is 2.33. The number of carbonyl (C=O) groups excluding carboxylic acids is 1. The van der Waals surface area contributed by atoms with Crippen LogP contribution in [0.3, 0.4) is 0 Å². The van der Waals surface area contributed by atoms with Crippen molar-refractivity contribution in [2.45, 2.75) is 53.0 Å². The lowest BCUT2D eigenvalue weighted by atomic mass is 9.93. The SMILES string of the molecule is CCCn1c(C)cnc1CC1CCN(C(=O)c2cnc(C)cn2)CC1. The maximum atomic E-state index is 12.5. The van der Waals surface area contributed by atoms with Gasteiger partial charge in [-0.05, 0) is 39.0 Å². The summed E-state index contributed by atoms with van der Waals surface area (Å²) in [5.74, 6) is 1.77. The maximum Gasteiger partial charge on any atom is 0.274 e. The van der Waals surface area contributed by atoms with E-state index < -0.39 is 0 Å². The van der Waals surface area contributed by atoms with Crippen LogP contribution in [-0.2, 0) is 13.0 Å². The molecule has 1 aliphatic heterocycles. The van der Waals surface area contributed by atoms with Crippen LogP contribution in [-0.4, -0.2) is 43.4 Å². The summed E-state index contributed by atoms with van der Waals surface area (Å²) >= 11 is 0. The molecule has 1 aliphatic rings. The molecule has 2 aromatic heterocycles. The predicted octanol–water partition coefficient (Wildman–Crippen LogP) is 2.79. The Hall–Kier alpha value is -2.24. The molecular weight excluding hydrogens is 314 g/mol. The van der Waals surface area contributed by atoms with Crippen LogP contribution in [0.25, 0.3) is 0 Å². The zero-order chi connectivity index (χ0) is 17.8. The quantitative estimate of drug-likeness (QED) is 0.839. The molecule has 0 saturated carbocycles. The van der Waals surface area contributed by atoms with E-state index in [1.165, 1.54) is 11.5 Å². The van der Waals surface area contributed by atoms with Crippen molar-refractivity contribution in [3.05, 3.63) is 41.5 Å². The Bertz CT molecular complexity index is 714. The largest absolute Gasteiger partial charge is 0.337 e. The van der Waals surface area contributed by atoms with Gasteiger partial charge in [0.1, 0.15) is 11.5 Å². The monoisotopic (exact) mass is 341 g/mol. The van der Waals surface area contributed by atoms with Crippen LogP contribution >= 0.6 is 0 Å². The van der Waals surface area contributed by atoms with Gasteiger partial charge in [-0.15, -0.1) is 0 Å². The molecule has 1 amide bonds. The fourth-order valence-electron chi connectivity index (χ4n) is 3.47. The van der Waals surface area contributed by atoms with Crippen LogP contribution in [0.4, 0.5) is 0 Å². The van der Waals surface area contributed by atoms with E-state index >= 15 is 0 Å². The third kappa shape index (κ3) is 4.06. The van der Waals surface area contributed by atoms with Gasteiger partial charge in [0.2, 0.25) is 0 Å². The zero-order valence-electron chi connectivity index (χ0n) is 15.4. The van der Waals surface area contributed by atoms with Gasteiger partial charge >= 0.3 is 0 Å². The number of carbonyl (C=O) groups is 1. The van der Waals surface area contributed by atoms with E-state index in [0.29, 0.717) is 11.6 Å². The van der Waals surface area contributed by atoms with Gasteiger partial charge < -0.3 is 9.47 Å². The van der Waals surface area contributed by atoms with Gasteiger partial charge in [0.05, 0.1) is 11.9 Å². The Morgan fingerprint density at radius 1 is 1.12 bits per heavy atom. The van der Waals surface area contributed by atoms with Gasteiger partial charge in [-0.2, -0.15) is 0 Å². The standard InChI is InChI=1S/C19H27N5O/c1-4-7-24-15(3)12-22-18(24)10-16-5-8-23(9-6-16)19(25)17-13-20-14(2)11-21-17/h11-13,16H,4-10H2,1-3H3. The number of nitrogens with zero attached hydrogens (tertiary/aromatic N) is 5. The van der Waals surface area contributed by atoms with Crippen molar-refractivity contribution < 1.29 is 4.79 Å². The molecule has 2 aromatic rings. The summed E-state index contributed by atoms with van der Waals surface area (Å²) in [6.45, 7) is 8.79. The third-order valence-corrected chi connectivity index (χ3v) is 4.96. The predicted molar refractivity (Wildman–Crippen MR) is 96.4 cm³/mol. The van der Waals surface area contributed by atoms with Crippen molar-refractivity contribution in [1.29, 1.82) is 0 Å². The summed E-state index contributed by atoms with van der Waals surface area (Å²) in [5.41, 5.74) is 2.51. The number of aromatic nitrogens is 4. The molecule has 6 heteroatoms. The summed E-state index contributed by atoms with van der Waals surface area (Å²) in [7, 11) is 0. The van der Waals surface area contributed by atoms with Gasteiger partial charge in [-0.3, -0.25) is 9.78 Å². The molecule has 0 radical (unpaired) electrons. The molecule has 0 aromatic carbocycles. The molecule has 3 heterocycles. The number of hydrogen-bond donors (Lipinski definition) is 0. The van der Waals surface area contributed by atoms with Gasteiger partial charge in [-0.25, -0.2) is 9.97 Å². The van der Waals surface area contributed by atoms with Crippen LogP contribution in [0, 0.1) is 19.8 Å². The minimum absolute atomic E-state index is 0.00530. The van der Waals surface area contributed by atoms with E-state index in [-0.39, 0.29) is 5.91 Å². The Labute approximate surface area is 149 Å². The van der Waals surface area contributed by atoms with Crippen LogP contribution < -0.4 is 0 Å². The number of hydrogen-bond acceptors (Lipinski definition) is 4. The van der Waals surface area contributed by atoms with Gasteiger partial charge in [0.15, 0.2) is 0 Å². The normalized spacial score (nSPS) is 15.6. The lowest BCUT2D eigenvalue weighted by Gasteiger charge is -2.31. The lowest BCUT2D eigenvalue weighted by molar-refractivity contribution is 0.0683. The molecule has 1 fully saturated rings. The molecule has 0 spiro atoms. The minimum atomic E-state index is -0.00530. The minimum Gasteiger partial charge on any atom is -0.337 e. The van der Waals surface area contributed by atoms with Crippen LogP contribution in [0.1, 0.15) is 53.9 Å². The Balaban J connectivity index is 1.57. The molecule has 25 heavy (non-hydrogen) atoms. The van der Waals surface area contributed by atoms with Crippen LogP contribution in [0.2, 0.25) is 0 Å². The molecule has 0 N–H and O–H groups in total. The number of rotatable bonds is 5. The zero-order valence-corrected chi connectivity index (χ0v) is 15.4. The van der Waals surface area contributed by atoms with Crippen LogP contribution in [0.5, 0.6) is 0 Å². The topological polar surface area (TPSA) is 63.9 Å². The first-order valence-corrected chi connectivity index (χ1v) is 9.17. The van der Waals surface area contributed by atoms with E-state index in [9.17, 15) is 4.79 Å². The van der Waals surface area contributed by atoms with E-state index in [1.807, 2.05) is 18.0 Å². The highest BCUT2D eigenvalue weighted by Crippen LogP contribution is 2.23. The summed E-state index contributed by atoms with van der Waals surface area (Å²) in [4.78, 5) is 27.4. The molecule has 134 valence electrons. The number of aryl methyl sites for hydroxylation is 2. The molecule has 3 rings (SSSR count). The number of amides is 1. The fraction of sp³-hybridized carbons (Fsp3) is 0.579. The third-order valence-electron chi connectivity index (χ3n) is 4.96. The van der Waals surface area contributed by atoms with Crippen molar-refractivity contribution in [3.8, 4) is 0 Å². The van der Waals surface area contributed by atoms with Crippen molar-refractivity contribution in [1.82, 2.24) is 24.4 Å². The highest BCUT2D eigenvalue weighted by Gasteiger charge is 2.25. The molecule has 0 aliphatic carbocycles. The first-order valence-electron chi connectivity index (χ1n) is 9.17. The average Bonchev–Trinajstić information content (AvgIpc) is 2.96. The molecule has 6 nitrogen and oxygen atoms in total. The maximum absolute atomic E-state index is 12.5. The highest BCUT2D eigenvalue weighted by atomic mass is 16.2. The second kappa shape index (κ2) is 7.76. The van der Waals surface area contributed by atoms with Gasteiger partial charge in [0.25, 0.3) is 5.91 Å². The average molecular weight is 341 g/mol. The molecule has 0 atom stereocenters. The van der Waals surface area contributed by atoms with E-state index in [1.54, 1.807) is 12.4 Å². The smallest absolute Gasteiger partial charge is 0.274 e. The highest BCUT2D eigenvalue weighted by molar-refractivity contribution is 5.92. The lowest BCUT2D eigenvalue weighted by Crippen LogP contribution is -2.39. The van der Waals surface area contributed by atoms with Gasteiger partial charge in [-0.1, -0.05) is 6.92 Å². The van der Waals surface area contributed by atoms with Gasteiger partial charge in [0, 0.05) is 44.1 Å². The Morgan fingerprint density at radius 2 is 1.88 bits per heavy atom. The number of imidazole rings is 1. The second-order valence-electron chi connectivity index (χ2n) is 6.95. The summed E-state index contributed by atoms with van der Waals surface area (Å²) in [6, 6.07) is 0. The molecular formula is C19H27N5O. The Morgan fingerprint density at radius 3 is 2.52 bits per heavy atom. The first kappa shape index (κ1) is 17.6. The fourth-order valence-corrected chi connectivity index (χ4v) is 3.47. The molecule has 1 saturated heterocycles. The summed E-state index contributed by atoms with van der Waals surface area (Å²) in [5, 5.41) is 0. The molecule has 0 unspecified atom stereocenters. The van der Waals surface area contributed by atoms with Crippen LogP contribution in [0.15, 0.2) is 18.6 Å². The summed E-state index contributed by atoms with van der Waals surface area (Å²) in [6.07, 6.45) is 9.35. The van der Waals surface area contributed by atoms with Crippen molar-refractivity contribution in [2.75, 3.05) is 13.1 Å². The molecule has 0 bridgehead atoms. The Kier molecular flexibility index (Phi) is 5.46. The number of likely N-dealkylation sites (tertiary alicyclic amines) is 1. The van der Waals surface area contributed by atoms with E-state index in [0.717, 1.165) is 51.0 Å². The van der Waals surface area contributed by atoms with Crippen molar-refractivity contribution >= 4 is 5.91 Å². The van der Waals surface area contributed by atoms with Crippen molar-refractivity contribution in [3.63, 3.8) is 0 Å². The first-order chi connectivity index (χ1) is 12.1. The number of piperidine rings is 1. The van der Waals surface area contributed by atoms with Crippen molar-refractivity contribution in [2.24, 2.45) is 5.92 Å². The van der Waals surface area contributed by atoms with E-state index in [2.05, 4.69) is 33.4 Å².